The Labute approximate surface area is 85.9 Å². The van der Waals surface area contributed by atoms with E-state index in [-0.39, 0.29) is 0 Å². The SMILES string of the molecule is C1=NC(Cc2ccccc2)CCCC1. The number of nitrogens with zero attached hydrogens (tertiary/aromatic N) is 1. The van der Waals surface area contributed by atoms with E-state index in [2.05, 4.69) is 41.5 Å². The van der Waals surface area contributed by atoms with Gasteiger partial charge in [-0.3, -0.25) is 4.99 Å². The molecule has 1 heterocycles. The lowest BCUT2D eigenvalue weighted by Crippen LogP contribution is -2.07. The van der Waals surface area contributed by atoms with Crippen LogP contribution in [0.4, 0.5) is 0 Å². The molecule has 0 amide bonds. The Kier molecular flexibility index (Phi) is 3.33. The van der Waals surface area contributed by atoms with Gasteiger partial charge in [-0.15, -0.1) is 0 Å². The zero-order chi connectivity index (χ0) is 9.64. The Morgan fingerprint density at radius 2 is 2.00 bits per heavy atom. The largest absolute Gasteiger partial charge is 0.294 e. The van der Waals surface area contributed by atoms with Crippen LogP contribution in [0.1, 0.15) is 31.2 Å². The maximum absolute atomic E-state index is 4.59. The molecule has 0 N–H and O–H groups in total. The molecule has 0 saturated heterocycles. The molecule has 1 aliphatic rings. The van der Waals surface area contributed by atoms with Crippen molar-refractivity contribution in [2.24, 2.45) is 4.99 Å². The molecule has 1 aromatic rings. The van der Waals surface area contributed by atoms with Crippen LogP contribution in [0.3, 0.4) is 0 Å². The zero-order valence-corrected chi connectivity index (χ0v) is 8.52. The normalized spacial score (nSPS) is 21.9. The number of rotatable bonds is 2. The van der Waals surface area contributed by atoms with Crippen LogP contribution in [-0.2, 0) is 6.42 Å². The third-order valence-electron chi connectivity index (χ3n) is 2.75. The molecule has 1 aromatic carbocycles. The van der Waals surface area contributed by atoms with E-state index in [9.17, 15) is 0 Å². The van der Waals surface area contributed by atoms with E-state index in [1.807, 2.05) is 0 Å². The van der Waals surface area contributed by atoms with Crippen LogP contribution >= 0.6 is 0 Å². The van der Waals surface area contributed by atoms with E-state index in [4.69, 9.17) is 0 Å². The lowest BCUT2D eigenvalue weighted by atomic mass is 10.0. The van der Waals surface area contributed by atoms with Gasteiger partial charge in [0.1, 0.15) is 0 Å². The Morgan fingerprint density at radius 3 is 2.86 bits per heavy atom. The van der Waals surface area contributed by atoms with Gasteiger partial charge in [-0.05, 0) is 37.5 Å². The summed E-state index contributed by atoms with van der Waals surface area (Å²) in [5, 5.41) is 0. The highest BCUT2D eigenvalue weighted by molar-refractivity contribution is 5.57. The molecule has 0 aromatic heterocycles. The molecule has 2 rings (SSSR count). The summed E-state index contributed by atoms with van der Waals surface area (Å²) in [5.41, 5.74) is 1.41. The van der Waals surface area contributed by atoms with Gasteiger partial charge in [0.15, 0.2) is 0 Å². The quantitative estimate of drug-likeness (QED) is 0.674. The topological polar surface area (TPSA) is 12.4 Å². The summed E-state index contributed by atoms with van der Waals surface area (Å²) < 4.78 is 0. The van der Waals surface area contributed by atoms with Crippen LogP contribution in [-0.4, -0.2) is 12.3 Å². The van der Waals surface area contributed by atoms with Crippen LogP contribution in [0, 0.1) is 0 Å². The van der Waals surface area contributed by atoms with Crippen molar-refractivity contribution in [3.63, 3.8) is 0 Å². The summed E-state index contributed by atoms with van der Waals surface area (Å²) in [5.74, 6) is 0. The Morgan fingerprint density at radius 1 is 1.14 bits per heavy atom. The summed E-state index contributed by atoms with van der Waals surface area (Å²) in [6, 6.07) is 11.2. The van der Waals surface area contributed by atoms with Crippen molar-refractivity contribution >= 4 is 6.21 Å². The van der Waals surface area contributed by atoms with Crippen LogP contribution in [0.15, 0.2) is 35.3 Å². The van der Waals surface area contributed by atoms with E-state index in [1.54, 1.807) is 0 Å². The molecule has 14 heavy (non-hydrogen) atoms. The fourth-order valence-electron chi connectivity index (χ4n) is 1.95. The molecule has 0 radical (unpaired) electrons. The number of hydrogen-bond donors (Lipinski definition) is 0. The van der Waals surface area contributed by atoms with E-state index in [1.165, 1.54) is 31.2 Å². The zero-order valence-electron chi connectivity index (χ0n) is 8.52. The molecule has 0 saturated carbocycles. The summed E-state index contributed by atoms with van der Waals surface area (Å²) in [4.78, 5) is 4.59. The molecule has 0 bridgehead atoms. The van der Waals surface area contributed by atoms with Gasteiger partial charge in [-0.2, -0.15) is 0 Å². The first-order valence-electron chi connectivity index (χ1n) is 5.51. The van der Waals surface area contributed by atoms with Gasteiger partial charge < -0.3 is 0 Å². The standard InChI is InChI=1S/C13H17N/c1-3-7-12(8-4-1)11-13-9-5-2-6-10-14-13/h1,3-4,7-8,10,13H,2,5-6,9,11H2. The molecule has 1 nitrogen and oxygen atoms in total. The van der Waals surface area contributed by atoms with Crippen molar-refractivity contribution in [2.45, 2.75) is 38.1 Å². The smallest absolute Gasteiger partial charge is 0.0536 e. The fraction of sp³-hybridized carbons (Fsp3) is 0.462. The predicted molar refractivity (Wildman–Crippen MR) is 60.9 cm³/mol. The second-order valence-electron chi connectivity index (χ2n) is 3.96. The monoisotopic (exact) mass is 187 g/mol. The maximum atomic E-state index is 4.59. The summed E-state index contributed by atoms with van der Waals surface area (Å²) in [6.07, 6.45) is 8.29. The van der Waals surface area contributed by atoms with Gasteiger partial charge in [0.2, 0.25) is 0 Å². The molecule has 1 unspecified atom stereocenters. The summed E-state index contributed by atoms with van der Waals surface area (Å²) >= 11 is 0. The van der Waals surface area contributed by atoms with Gasteiger partial charge in [0, 0.05) is 0 Å². The molecule has 0 spiro atoms. The van der Waals surface area contributed by atoms with Crippen molar-refractivity contribution in [3.05, 3.63) is 35.9 Å². The van der Waals surface area contributed by atoms with Gasteiger partial charge in [0.05, 0.1) is 6.04 Å². The van der Waals surface area contributed by atoms with Crippen LogP contribution in [0.25, 0.3) is 0 Å². The Bertz CT molecular complexity index is 289. The van der Waals surface area contributed by atoms with Crippen molar-refractivity contribution in [1.29, 1.82) is 0 Å². The van der Waals surface area contributed by atoms with Crippen LogP contribution in [0.2, 0.25) is 0 Å². The van der Waals surface area contributed by atoms with E-state index < -0.39 is 0 Å². The Hall–Kier alpha value is -1.11. The molecular weight excluding hydrogens is 170 g/mol. The van der Waals surface area contributed by atoms with Gasteiger partial charge in [-0.25, -0.2) is 0 Å². The van der Waals surface area contributed by atoms with E-state index in [0.717, 1.165) is 6.42 Å². The maximum Gasteiger partial charge on any atom is 0.0536 e. The Balaban J connectivity index is 1.96. The molecular formula is C13H17N. The van der Waals surface area contributed by atoms with Gasteiger partial charge in [0.25, 0.3) is 0 Å². The first kappa shape index (κ1) is 9.45. The number of benzene rings is 1. The van der Waals surface area contributed by atoms with Gasteiger partial charge in [-0.1, -0.05) is 36.8 Å². The minimum Gasteiger partial charge on any atom is -0.294 e. The van der Waals surface area contributed by atoms with E-state index >= 15 is 0 Å². The minimum absolute atomic E-state index is 0.528. The first-order valence-corrected chi connectivity index (χ1v) is 5.51. The van der Waals surface area contributed by atoms with Crippen LogP contribution < -0.4 is 0 Å². The molecule has 0 fully saturated rings. The van der Waals surface area contributed by atoms with E-state index in [0.29, 0.717) is 6.04 Å². The molecule has 1 heteroatoms. The fourth-order valence-corrected chi connectivity index (χ4v) is 1.95. The second-order valence-corrected chi connectivity index (χ2v) is 3.96. The summed E-state index contributed by atoms with van der Waals surface area (Å²) in [7, 11) is 0. The average molecular weight is 187 g/mol. The lowest BCUT2D eigenvalue weighted by Gasteiger charge is -2.09. The molecule has 74 valence electrons. The van der Waals surface area contributed by atoms with Crippen molar-refractivity contribution < 1.29 is 0 Å². The molecule has 1 atom stereocenters. The predicted octanol–water partition coefficient (Wildman–Crippen LogP) is 3.24. The average Bonchev–Trinajstić information content (AvgIpc) is 2.48. The van der Waals surface area contributed by atoms with Crippen molar-refractivity contribution in [3.8, 4) is 0 Å². The number of aliphatic imine (C=N–C) groups is 1. The highest BCUT2D eigenvalue weighted by atomic mass is 14.8. The number of hydrogen-bond acceptors (Lipinski definition) is 1. The van der Waals surface area contributed by atoms with Gasteiger partial charge >= 0.3 is 0 Å². The highest BCUT2D eigenvalue weighted by Gasteiger charge is 2.08. The lowest BCUT2D eigenvalue weighted by molar-refractivity contribution is 0.588. The summed E-state index contributed by atoms with van der Waals surface area (Å²) in [6.45, 7) is 0. The molecule has 1 aliphatic heterocycles. The molecule has 0 aliphatic carbocycles. The minimum atomic E-state index is 0.528. The van der Waals surface area contributed by atoms with Crippen LogP contribution in [0.5, 0.6) is 0 Å². The first-order chi connectivity index (χ1) is 6.95. The van der Waals surface area contributed by atoms with Crippen molar-refractivity contribution in [1.82, 2.24) is 0 Å². The third-order valence-corrected chi connectivity index (χ3v) is 2.75. The second kappa shape index (κ2) is 4.94. The third kappa shape index (κ3) is 2.69. The highest BCUT2D eigenvalue weighted by Crippen LogP contribution is 2.15. The van der Waals surface area contributed by atoms with Crippen molar-refractivity contribution in [2.75, 3.05) is 0 Å².